The van der Waals surface area contributed by atoms with Crippen molar-refractivity contribution in [3.05, 3.63) is 35.9 Å². The van der Waals surface area contributed by atoms with Crippen LogP contribution in [0, 0.1) is 17.2 Å². The van der Waals surface area contributed by atoms with Gasteiger partial charge in [-0.1, -0.05) is 30.3 Å². The topological polar surface area (TPSA) is 77.8 Å². The highest BCUT2D eigenvalue weighted by molar-refractivity contribution is 5.69. The molecule has 3 aliphatic heterocycles. The van der Waals surface area contributed by atoms with Gasteiger partial charge in [0.2, 0.25) is 0 Å². The van der Waals surface area contributed by atoms with Gasteiger partial charge in [-0.3, -0.25) is 4.90 Å². The minimum Gasteiger partial charge on any atom is -0.444 e. The lowest BCUT2D eigenvalue weighted by atomic mass is 9.88. The lowest BCUT2D eigenvalue weighted by Gasteiger charge is -2.49. The molecule has 5 rings (SSSR count). The monoisotopic (exact) mass is 424 g/mol. The van der Waals surface area contributed by atoms with Crippen molar-refractivity contribution < 1.29 is 14.3 Å². The Morgan fingerprint density at radius 2 is 2.03 bits per heavy atom. The third-order valence-electron chi connectivity index (χ3n) is 7.36. The number of nitriles is 1. The molecule has 0 aromatic heterocycles. The van der Waals surface area contributed by atoms with Crippen molar-refractivity contribution in [2.45, 2.75) is 55.8 Å². The Morgan fingerprint density at radius 1 is 1.19 bits per heavy atom. The lowest BCUT2D eigenvalue weighted by molar-refractivity contribution is -0.0128. The number of benzene rings is 1. The fourth-order valence-corrected chi connectivity index (χ4v) is 5.32. The highest BCUT2D eigenvalue weighted by atomic mass is 16.6. The average molecular weight is 425 g/mol. The van der Waals surface area contributed by atoms with Crippen molar-refractivity contribution in [1.82, 2.24) is 15.1 Å². The number of piperidine rings is 1. The Kier molecular flexibility index (Phi) is 6.13. The molecule has 0 bridgehead atoms. The molecule has 0 spiro atoms. The fraction of sp³-hybridized carbons (Fsp3) is 0.667. The van der Waals surface area contributed by atoms with Crippen LogP contribution in [0.25, 0.3) is 0 Å². The second-order valence-electron chi connectivity index (χ2n) is 9.47. The summed E-state index contributed by atoms with van der Waals surface area (Å²) in [5.74, 6) is 0.950. The van der Waals surface area contributed by atoms with Gasteiger partial charge in [0.1, 0.15) is 6.10 Å². The predicted octanol–water partition coefficient (Wildman–Crippen LogP) is 2.35. The van der Waals surface area contributed by atoms with Crippen LogP contribution in [0.15, 0.2) is 30.3 Å². The summed E-state index contributed by atoms with van der Waals surface area (Å²) >= 11 is 0. The number of rotatable bonds is 6. The fourth-order valence-electron chi connectivity index (χ4n) is 5.32. The summed E-state index contributed by atoms with van der Waals surface area (Å²) in [6.45, 7) is 4.59. The third kappa shape index (κ3) is 4.72. The van der Waals surface area contributed by atoms with Crippen molar-refractivity contribution in [3.63, 3.8) is 0 Å². The van der Waals surface area contributed by atoms with Crippen LogP contribution < -0.4 is 5.32 Å². The number of nitrogens with one attached hydrogen (secondary N) is 1. The smallest absolute Gasteiger partial charge is 0.410 e. The summed E-state index contributed by atoms with van der Waals surface area (Å²) < 4.78 is 10.8. The van der Waals surface area contributed by atoms with E-state index in [-0.39, 0.29) is 12.2 Å². The molecule has 1 amide bonds. The van der Waals surface area contributed by atoms with Crippen LogP contribution in [0.1, 0.15) is 37.2 Å². The van der Waals surface area contributed by atoms with Gasteiger partial charge in [0, 0.05) is 63.1 Å². The summed E-state index contributed by atoms with van der Waals surface area (Å²) in [6.07, 6.45) is 3.33. The summed E-state index contributed by atoms with van der Waals surface area (Å²) in [7, 11) is 0. The van der Waals surface area contributed by atoms with E-state index in [2.05, 4.69) is 46.6 Å². The Bertz CT molecular complexity index is 801. The van der Waals surface area contributed by atoms with E-state index >= 15 is 0 Å². The standard InChI is InChI=1S/C24H32N4O3/c25-9-6-18-13-27(19-14-28(15-19)24(29)31-20-8-11-30-16-20)10-7-22(18)26-23-12-21(23)17-4-2-1-3-5-17/h1-5,18-23,26H,6-8,10-16H2/t18?,20?,21-,22?,23+/m0/s1. The van der Waals surface area contributed by atoms with E-state index in [0.29, 0.717) is 49.6 Å². The molecule has 3 unspecified atom stereocenters. The van der Waals surface area contributed by atoms with Crippen molar-refractivity contribution in [1.29, 1.82) is 5.26 Å². The van der Waals surface area contributed by atoms with Crippen molar-refractivity contribution in [3.8, 4) is 6.07 Å². The first-order valence-electron chi connectivity index (χ1n) is 11.7. The first-order chi connectivity index (χ1) is 15.2. The lowest BCUT2D eigenvalue weighted by Crippen LogP contribution is -2.64. The third-order valence-corrected chi connectivity index (χ3v) is 7.36. The zero-order valence-electron chi connectivity index (χ0n) is 18.0. The van der Waals surface area contributed by atoms with Gasteiger partial charge in [-0.2, -0.15) is 5.26 Å². The molecule has 4 aliphatic rings. The van der Waals surface area contributed by atoms with Gasteiger partial charge in [0.25, 0.3) is 0 Å². The normalized spacial score (nSPS) is 33.5. The maximum absolute atomic E-state index is 12.3. The van der Waals surface area contributed by atoms with E-state index in [1.54, 1.807) is 4.90 Å². The van der Waals surface area contributed by atoms with Gasteiger partial charge in [0.05, 0.1) is 19.3 Å². The van der Waals surface area contributed by atoms with Crippen molar-refractivity contribution in [2.24, 2.45) is 5.92 Å². The Labute approximate surface area is 184 Å². The largest absolute Gasteiger partial charge is 0.444 e. The van der Waals surface area contributed by atoms with Crippen LogP contribution in [0.3, 0.4) is 0 Å². The molecule has 3 heterocycles. The molecule has 4 fully saturated rings. The van der Waals surface area contributed by atoms with Crippen LogP contribution in [0.4, 0.5) is 4.79 Å². The van der Waals surface area contributed by atoms with Gasteiger partial charge >= 0.3 is 6.09 Å². The molecule has 166 valence electrons. The number of hydrogen-bond acceptors (Lipinski definition) is 6. The molecule has 31 heavy (non-hydrogen) atoms. The van der Waals surface area contributed by atoms with E-state index in [0.717, 1.165) is 39.0 Å². The van der Waals surface area contributed by atoms with Crippen molar-refractivity contribution >= 4 is 6.09 Å². The summed E-state index contributed by atoms with van der Waals surface area (Å²) in [5.41, 5.74) is 1.42. The zero-order chi connectivity index (χ0) is 21.2. The molecule has 0 radical (unpaired) electrons. The van der Waals surface area contributed by atoms with E-state index in [1.165, 1.54) is 12.0 Å². The van der Waals surface area contributed by atoms with Gasteiger partial charge < -0.3 is 19.7 Å². The number of carbonyl (C=O) groups is 1. The van der Waals surface area contributed by atoms with Crippen LogP contribution in [-0.2, 0) is 9.47 Å². The van der Waals surface area contributed by atoms with E-state index in [1.807, 2.05) is 0 Å². The first-order valence-corrected chi connectivity index (χ1v) is 11.7. The first kappa shape index (κ1) is 20.7. The van der Waals surface area contributed by atoms with E-state index in [9.17, 15) is 10.1 Å². The minimum absolute atomic E-state index is 0.0875. The predicted molar refractivity (Wildman–Crippen MR) is 115 cm³/mol. The second kappa shape index (κ2) is 9.15. The Balaban J connectivity index is 1.09. The quantitative estimate of drug-likeness (QED) is 0.755. The average Bonchev–Trinajstić information content (AvgIpc) is 3.33. The van der Waals surface area contributed by atoms with Gasteiger partial charge in [-0.25, -0.2) is 4.79 Å². The zero-order valence-corrected chi connectivity index (χ0v) is 18.0. The minimum atomic E-state index is -0.211. The van der Waals surface area contributed by atoms with Crippen LogP contribution in [-0.4, -0.2) is 79.5 Å². The number of likely N-dealkylation sites (tertiary alicyclic amines) is 2. The Hall–Kier alpha value is -2.14. The molecule has 1 aromatic carbocycles. The van der Waals surface area contributed by atoms with Crippen molar-refractivity contribution in [2.75, 3.05) is 39.4 Å². The second-order valence-corrected chi connectivity index (χ2v) is 9.47. The van der Waals surface area contributed by atoms with E-state index in [4.69, 9.17) is 9.47 Å². The molecule has 3 saturated heterocycles. The molecule has 1 saturated carbocycles. The SMILES string of the molecule is N#CCC1CN(C2CN(C(=O)OC3CCOC3)C2)CCC1N[C@@H]1C[C@H]1c1ccccc1. The molecule has 1 N–H and O–H groups in total. The number of nitrogens with zero attached hydrogens (tertiary/aromatic N) is 3. The molecule has 5 atom stereocenters. The molecule has 1 aliphatic carbocycles. The maximum atomic E-state index is 12.3. The molecule has 7 nitrogen and oxygen atoms in total. The number of hydrogen-bond donors (Lipinski definition) is 1. The van der Waals surface area contributed by atoms with Crippen LogP contribution in [0.2, 0.25) is 0 Å². The molecule has 7 heteroatoms. The van der Waals surface area contributed by atoms with Gasteiger partial charge in [-0.15, -0.1) is 0 Å². The van der Waals surface area contributed by atoms with Gasteiger partial charge in [0.15, 0.2) is 0 Å². The summed E-state index contributed by atoms with van der Waals surface area (Å²) in [4.78, 5) is 16.6. The molecular weight excluding hydrogens is 392 g/mol. The maximum Gasteiger partial charge on any atom is 0.410 e. The summed E-state index contributed by atoms with van der Waals surface area (Å²) in [5, 5.41) is 13.3. The number of amides is 1. The Morgan fingerprint density at radius 3 is 2.77 bits per heavy atom. The molecule has 1 aromatic rings. The van der Waals surface area contributed by atoms with E-state index < -0.39 is 0 Å². The molecular formula is C24H32N4O3. The van der Waals surface area contributed by atoms with Gasteiger partial charge in [-0.05, 0) is 24.3 Å². The highest BCUT2D eigenvalue weighted by Crippen LogP contribution is 2.42. The number of carbonyl (C=O) groups excluding carboxylic acids is 1. The summed E-state index contributed by atoms with van der Waals surface area (Å²) in [6, 6.07) is 14.4. The van der Waals surface area contributed by atoms with Crippen LogP contribution in [0.5, 0.6) is 0 Å². The van der Waals surface area contributed by atoms with Crippen LogP contribution >= 0.6 is 0 Å². The number of ether oxygens (including phenoxy) is 2. The highest BCUT2D eigenvalue weighted by Gasteiger charge is 2.44.